The van der Waals surface area contributed by atoms with E-state index in [0.29, 0.717) is 22.7 Å². The van der Waals surface area contributed by atoms with Gasteiger partial charge in [0, 0.05) is 12.6 Å². The van der Waals surface area contributed by atoms with Gasteiger partial charge < -0.3 is 9.88 Å². The Balaban J connectivity index is 2.02. The van der Waals surface area contributed by atoms with Crippen molar-refractivity contribution < 1.29 is 4.79 Å². The van der Waals surface area contributed by atoms with Crippen molar-refractivity contribution in [2.24, 2.45) is 7.05 Å². The average Bonchev–Trinajstić information content (AvgIpc) is 2.68. The molecule has 0 aliphatic heterocycles. The molecule has 0 saturated heterocycles. The van der Waals surface area contributed by atoms with Crippen LogP contribution in [0.4, 0.5) is 0 Å². The van der Waals surface area contributed by atoms with Crippen LogP contribution in [0.5, 0.6) is 0 Å². The van der Waals surface area contributed by atoms with E-state index in [0.717, 1.165) is 5.56 Å². The monoisotopic (exact) mass is 262 g/mol. The number of aromatic nitrogens is 3. The van der Waals surface area contributed by atoms with E-state index in [1.807, 2.05) is 19.1 Å². The molecule has 94 valence electrons. The summed E-state index contributed by atoms with van der Waals surface area (Å²) in [5, 5.41) is 9.50. The van der Waals surface area contributed by atoms with Crippen molar-refractivity contribution in [3.8, 4) is 0 Å². The lowest BCUT2D eigenvalue weighted by atomic mass is 10.1. The lowest BCUT2D eigenvalue weighted by Crippen LogP contribution is -2.24. The maximum Gasteiger partial charge on any atom is 0.251 e. The Morgan fingerprint density at radius 2 is 2.11 bits per heavy atom. The molecule has 1 aromatic carbocycles. The van der Waals surface area contributed by atoms with Gasteiger partial charge in [0.25, 0.3) is 5.91 Å². The fraction of sp³-hybridized carbons (Fsp3) is 0.250. The molecule has 1 amide bonds. The molecule has 0 atom stereocenters. The Morgan fingerprint density at radius 1 is 1.44 bits per heavy atom. The van der Waals surface area contributed by atoms with E-state index in [9.17, 15) is 4.79 Å². The number of amides is 1. The van der Waals surface area contributed by atoms with E-state index in [2.05, 4.69) is 15.5 Å². The van der Waals surface area contributed by atoms with Gasteiger partial charge >= 0.3 is 0 Å². The van der Waals surface area contributed by atoms with Crippen molar-refractivity contribution >= 4 is 18.1 Å². The zero-order chi connectivity index (χ0) is 13.1. The predicted molar refractivity (Wildman–Crippen MR) is 70.7 cm³/mol. The van der Waals surface area contributed by atoms with Crippen LogP contribution in [0.25, 0.3) is 0 Å². The molecule has 0 fully saturated rings. The zero-order valence-corrected chi connectivity index (χ0v) is 11.0. The van der Waals surface area contributed by atoms with E-state index < -0.39 is 0 Å². The van der Waals surface area contributed by atoms with Crippen molar-refractivity contribution in [1.82, 2.24) is 20.1 Å². The third-order valence-electron chi connectivity index (χ3n) is 2.69. The average molecular weight is 262 g/mol. The third kappa shape index (κ3) is 2.65. The Hall–Kier alpha value is -1.95. The van der Waals surface area contributed by atoms with Gasteiger partial charge in [0.15, 0.2) is 10.6 Å². The summed E-state index contributed by atoms with van der Waals surface area (Å²) in [6, 6.07) is 7.41. The first kappa shape index (κ1) is 12.5. The molecular formula is C12H14N4OS. The van der Waals surface area contributed by atoms with Crippen LogP contribution >= 0.6 is 12.2 Å². The largest absolute Gasteiger partial charge is 0.345 e. The van der Waals surface area contributed by atoms with E-state index in [1.54, 1.807) is 23.7 Å². The van der Waals surface area contributed by atoms with Gasteiger partial charge in [-0.25, -0.2) is 0 Å². The molecular weight excluding hydrogens is 248 g/mol. The maximum absolute atomic E-state index is 11.9. The molecule has 0 radical (unpaired) electrons. The van der Waals surface area contributed by atoms with Crippen LogP contribution in [0.15, 0.2) is 24.3 Å². The highest BCUT2D eigenvalue weighted by atomic mass is 32.1. The van der Waals surface area contributed by atoms with Gasteiger partial charge in [-0.15, -0.1) is 0 Å². The number of aryl methyl sites for hydroxylation is 1. The van der Waals surface area contributed by atoms with Crippen molar-refractivity contribution in [1.29, 1.82) is 0 Å². The lowest BCUT2D eigenvalue weighted by Gasteiger charge is -2.04. The van der Waals surface area contributed by atoms with Crippen LogP contribution in [-0.2, 0) is 13.6 Å². The summed E-state index contributed by atoms with van der Waals surface area (Å²) in [4.78, 5) is 11.9. The SMILES string of the molecule is Cc1ccc(C(=O)NCc2n[nH]c(=S)n2C)cc1. The predicted octanol–water partition coefficient (Wildman–Crippen LogP) is 1.72. The second-order valence-electron chi connectivity index (χ2n) is 4.05. The highest BCUT2D eigenvalue weighted by molar-refractivity contribution is 7.71. The normalized spacial score (nSPS) is 10.3. The number of benzene rings is 1. The minimum atomic E-state index is -0.121. The number of carbonyl (C=O) groups excluding carboxylic acids is 1. The molecule has 0 bridgehead atoms. The highest BCUT2D eigenvalue weighted by Gasteiger charge is 2.07. The van der Waals surface area contributed by atoms with E-state index >= 15 is 0 Å². The Bertz CT molecular complexity index is 612. The molecule has 2 aromatic rings. The van der Waals surface area contributed by atoms with Crippen molar-refractivity contribution in [2.45, 2.75) is 13.5 Å². The first-order chi connectivity index (χ1) is 8.58. The van der Waals surface area contributed by atoms with Crippen molar-refractivity contribution in [3.05, 3.63) is 46.0 Å². The summed E-state index contributed by atoms with van der Waals surface area (Å²) >= 11 is 4.99. The van der Waals surface area contributed by atoms with Gasteiger partial charge in [-0.05, 0) is 31.3 Å². The molecule has 2 N–H and O–H groups in total. The molecule has 0 unspecified atom stereocenters. The number of H-pyrrole nitrogens is 1. The maximum atomic E-state index is 11.9. The fourth-order valence-electron chi connectivity index (χ4n) is 1.50. The third-order valence-corrected chi connectivity index (χ3v) is 3.06. The second-order valence-corrected chi connectivity index (χ2v) is 4.44. The lowest BCUT2D eigenvalue weighted by molar-refractivity contribution is 0.0949. The van der Waals surface area contributed by atoms with Gasteiger partial charge in [-0.1, -0.05) is 17.7 Å². The highest BCUT2D eigenvalue weighted by Crippen LogP contribution is 2.03. The van der Waals surface area contributed by atoms with E-state index in [1.165, 1.54) is 0 Å². The second kappa shape index (κ2) is 5.14. The molecule has 5 nitrogen and oxygen atoms in total. The van der Waals surface area contributed by atoms with E-state index in [4.69, 9.17) is 12.2 Å². The number of aromatic amines is 1. The van der Waals surface area contributed by atoms with Crippen LogP contribution in [-0.4, -0.2) is 20.7 Å². The molecule has 0 aliphatic rings. The fourth-order valence-corrected chi connectivity index (χ4v) is 1.66. The summed E-state index contributed by atoms with van der Waals surface area (Å²) in [5.41, 5.74) is 1.76. The van der Waals surface area contributed by atoms with Crippen LogP contribution in [0.3, 0.4) is 0 Å². The number of nitrogens with one attached hydrogen (secondary N) is 2. The first-order valence-electron chi connectivity index (χ1n) is 5.53. The number of carbonyl (C=O) groups is 1. The molecule has 6 heteroatoms. The van der Waals surface area contributed by atoms with Crippen LogP contribution in [0.2, 0.25) is 0 Å². The summed E-state index contributed by atoms with van der Waals surface area (Å²) in [7, 11) is 1.80. The van der Waals surface area contributed by atoms with E-state index in [-0.39, 0.29) is 5.91 Å². The summed E-state index contributed by atoms with van der Waals surface area (Å²) in [5.74, 6) is 0.574. The summed E-state index contributed by atoms with van der Waals surface area (Å²) in [6.07, 6.45) is 0. The van der Waals surface area contributed by atoms with Gasteiger partial charge in [-0.3, -0.25) is 9.89 Å². The molecule has 0 spiro atoms. The standard InChI is InChI=1S/C12H14N4OS/c1-8-3-5-9(6-4-8)11(17)13-7-10-14-15-12(18)16(10)2/h3-6H,7H2,1-2H3,(H,13,17)(H,15,18). The van der Waals surface area contributed by atoms with Gasteiger partial charge in [0.2, 0.25) is 0 Å². The van der Waals surface area contributed by atoms with Crippen molar-refractivity contribution in [2.75, 3.05) is 0 Å². The smallest absolute Gasteiger partial charge is 0.251 e. The molecule has 2 rings (SSSR count). The first-order valence-corrected chi connectivity index (χ1v) is 5.94. The molecule has 0 aliphatic carbocycles. The Labute approximate surface area is 110 Å². The van der Waals surface area contributed by atoms with Gasteiger partial charge in [-0.2, -0.15) is 5.10 Å². The molecule has 1 aromatic heterocycles. The van der Waals surface area contributed by atoms with Crippen molar-refractivity contribution in [3.63, 3.8) is 0 Å². The number of hydrogen-bond acceptors (Lipinski definition) is 3. The zero-order valence-electron chi connectivity index (χ0n) is 10.2. The molecule has 1 heterocycles. The molecule has 0 saturated carbocycles. The molecule has 18 heavy (non-hydrogen) atoms. The summed E-state index contributed by atoms with van der Waals surface area (Å²) in [6.45, 7) is 2.33. The quantitative estimate of drug-likeness (QED) is 0.828. The van der Waals surface area contributed by atoms with Crippen LogP contribution in [0, 0.1) is 11.7 Å². The van der Waals surface area contributed by atoms with Gasteiger partial charge in [0.05, 0.1) is 6.54 Å². The van der Waals surface area contributed by atoms with Gasteiger partial charge in [0.1, 0.15) is 0 Å². The number of nitrogens with zero attached hydrogens (tertiary/aromatic N) is 2. The Morgan fingerprint density at radius 3 is 2.67 bits per heavy atom. The number of rotatable bonds is 3. The van der Waals surface area contributed by atoms with Crippen LogP contribution < -0.4 is 5.32 Å². The number of hydrogen-bond donors (Lipinski definition) is 2. The summed E-state index contributed by atoms with van der Waals surface area (Å²) < 4.78 is 2.26. The minimum absolute atomic E-state index is 0.121. The minimum Gasteiger partial charge on any atom is -0.345 e. The van der Waals surface area contributed by atoms with Crippen LogP contribution in [0.1, 0.15) is 21.7 Å². The topological polar surface area (TPSA) is 62.7 Å². The Kier molecular flexibility index (Phi) is 3.57.